The van der Waals surface area contributed by atoms with Crippen molar-refractivity contribution in [3.05, 3.63) is 71.6 Å². The smallest absolute Gasteiger partial charge is 0.223 e. The SMILES string of the molecule is COc1ccc2c(c1)-n1nnc(COC3C=CC(F)=CC3)c1Cc1c(-c3noc(C)n3)ncn1-2. The number of nitrogens with zero attached hydrogens (tertiary/aromatic N) is 7. The van der Waals surface area contributed by atoms with Crippen molar-refractivity contribution in [1.82, 2.24) is 34.7 Å². The van der Waals surface area contributed by atoms with E-state index in [0.717, 1.165) is 22.8 Å². The first-order valence-electron chi connectivity index (χ1n) is 10.8. The van der Waals surface area contributed by atoms with Crippen LogP contribution in [0.15, 0.2) is 53.1 Å². The number of aryl methyl sites for hydroxylation is 1. The van der Waals surface area contributed by atoms with Gasteiger partial charge in [0, 0.05) is 19.4 Å². The molecule has 0 fully saturated rings. The molecule has 3 aromatic heterocycles. The summed E-state index contributed by atoms with van der Waals surface area (Å²) in [6.07, 6.45) is 7.09. The summed E-state index contributed by atoms with van der Waals surface area (Å²) in [5, 5.41) is 12.9. The van der Waals surface area contributed by atoms with Gasteiger partial charge in [0.15, 0.2) is 0 Å². The van der Waals surface area contributed by atoms with Crippen LogP contribution >= 0.6 is 0 Å². The van der Waals surface area contributed by atoms with Crippen molar-refractivity contribution in [3.63, 3.8) is 0 Å². The van der Waals surface area contributed by atoms with Gasteiger partial charge in [-0.25, -0.2) is 14.1 Å². The first kappa shape index (κ1) is 20.5. The molecule has 1 atom stereocenters. The maximum absolute atomic E-state index is 13.3. The van der Waals surface area contributed by atoms with E-state index in [-0.39, 0.29) is 18.5 Å². The zero-order chi connectivity index (χ0) is 23.2. The molecule has 0 N–H and O–H groups in total. The molecule has 1 aliphatic heterocycles. The predicted octanol–water partition coefficient (Wildman–Crippen LogP) is 3.42. The topological polar surface area (TPSA) is 106 Å². The van der Waals surface area contributed by atoms with Crippen LogP contribution in [0, 0.1) is 6.92 Å². The third-order valence-electron chi connectivity index (χ3n) is 5.90. The van der Waals surface area contributed by atoms with Gasteiger partial charge in [0.05, 0.1) is 42.6 Å². The molecule has 2 aliphatic rings. The second-order valence-corrected chi connectivity index (χ2v) is 8.01. The lowest BCUT2D eigenvalue weighted by molar-refractivity contribution is 0.0699. The molecule has 0 saturated heterocycles. The van der Waals surface area contributed by atoms with Crippen LogP contribution in [0.4, 0.5) is 4.39 Å². The van der Waals surface area contributed by atoms with E-state index in [1.165, 1.54) is 12.2 Å². The molecule has 11 heteroatoms. The molecule has 0 amide bonds. The van der Waals surface area contributed by atoms with E-state index in [9.17, 15) is 4.39 Å². The Morgan fingerprint density at radius 1 is 1.24 bits per heavy atom. The van der Waals surface area contributed by atoms with Gasteiger partial charge >= 0.3 is 0 Å². The van der Waals surface area contributed by atoms with Gasteiger partial charge in [0.2, 0.25) is 11.7 Å². The van der Waals surface area contributed by atoms with Crippen molar-refractivity contribution in [1.29, 1.82) is 0 Å². The summed E-state index contributed by atoms with van der Waals surface area (Å²) in [6.45, 7) is 1.96. The molecule has 1 aromatic carbocycles. The van der Waals surface area contributed by atoms with Crippen molar-refractivity contribution >= 4 is 0 Å². The van der Waals surface area contributed by atoms with Crippen molar-refractivity contribution in [2.45, 2.75) is 32.5 Å². The van der Waals surface area contributed by atoms with Crippen LogP contribution in [0.2, 0.25) is 0 Å². The highest BCUT2D eigenvalue weighted by Gasteiger charge is 2.28. The maximum Gasteiger partial charge on any atom is 0.223 e. The Balaban J connectivity index is 1.44. The first-order valence-corrected chi connectivity index (χ1v) is 10.8. The number of rotatable bonds is 5. The van der Waals surface area contributed by atoms with E-state index in [0.29, 0.717) is 41.7 Å². The summed E-state index contributed by atoms with van der Waals surface area (Å²) in [5.41, 5.74) is 4.68. The van der Waals surface area contributed by atoms with Gasteiger partial charge in [-0.05, 0) is 30.7 Å². The Kier molecular flexibility index (Phi) is 4.84. The lowest BCUT2D eigenvalue weighted by Crippen LogP contribution is -2.12. The van der Waals surface area contributed by atoms with Crippen molar-refractivity contribution in [2.75, 3.05) is 7.11 Å². The molecule has 10 nitrogen and oxygen atoms in total. The second kappa shape index (κ2) is 8.03. The lowest BCUT2D eigenvalue weighted by Gasteiger charge is -2.14. The molecule has 4 aromatic rings. The minimum atomic E-state index is -0.250. The molecule has 4 heterocycles. The molecule has 0 saturated carbocycles. The monoisotopic (exact) mass is 461 g/mol. The zero-order valence-electron chi connectivity index (χ0n) is 18.5. The average Bonchev–Trinajstić information content (AvgIpc) is 3.55. The van der Waals surface area contributed by atoms with Crippen molar-refractivity contribution in [3.8, 4) is 28.6 Å². The molecule has 1 unspecified atom stereocenters. The number of benzene rings is 1. The van der Waals surface area contributed by atoms with E-state index < -0.39 is 0 Å². The van der Waals surface area contributed by atoms with Gasteiger partial charge in [-0.3, -0.25) is 4.57 Å². The zero-order valence-corrected chi connectivity index (χ0v) is 18.5. The molecule has 0 spiro atoms. The minimum absolute atomic E-state index is 0.224. The third-order valence-corrected chi connectivity index (χ3v) is 5.90. The quantitative estimate of drug-likeness (QED) is 0.392. The molecular weight excluding hydrogens is 441 g/mol. The van der Waals surface area contributed by atoms with Crippen molar-refractivity contribution < 1.29 is 18.4 Å². The van der Waals surface area contributed by atoms with Crippen molar-refractivity contribution in [2.24, 2.45) is 0 Å². The fourth-order valence-electron chi connectivity index (χ4n) is 4.19. The summed E-state index contributed by atoms with van der Waals surface area (Å²) in [4.78, 5) is 8.96. The number of ether oxygens (including phenoxy) is 2. The normalized spacial score (nSPS) is 16.4. The number of imidazole rings is 1. The highest BCUT2D eigenvalue weighted by molar-refractivity contribution is 5.63. The highest BCUT2D eigenvalue weighted by atomic mass is 19.1. The minimum Gasteiger partial charge on any atom is -0.497 e. The fourth-order valence-corrected chi connectivity index (χ4v) is 4.19. The molecule has 0 bridgehead atoms. The molecule has 34 heavy (non-hydrogen) atoms. The largest absolute Gasteiger partial charge is 0.497 e. The number of aromatic nitrogens is 7. The maximum atomic E-state index is 13.3. The van der Waals surface area contributed by atoms with Gasteiger partial charge < -0.3 is 14.0 Å². The number of methoxy groups -OCH3 is 1. The third kappa shape index (κ3) is 3.41. The Bertz CT molecular complexity index is 1450. The Labute approximate surface area is 193 Å². The summed E-state index contributed by atoms with van der Waals surface area (Å²) in [5.74, 6) is 1.32. The molecule has 1 aliphatic carbocycles. The van der Waals surface area contributed by atoms with E-state index in [1.54, 1.807) is 31.1 Å². The summed E-state index contributed by atoms with van der Waals surface area (Å²) in [6, 6.07) is 5.74. The molecule has 6 rings (SSSR count). The van der Waals surface area contributed by atoms with Crippen LogP contribution in [-0.4, -0.2) is 47.9 Å². The number of halogens is 1. The molecular formula is C23H20FN7O3. The van der Waals surface area contributed by atoms with Crippen LogP contribution in [-0.2, 0) is 17.8 Å². The number of hydrogen-bond acceptors (Lipinski definition) is 8. The van der Waals surface area contributed by atoms with Gasteiger partial charge in [-0.2, -0.15) is 4.98 Å². The van der Waals surface area contributed by atoms with E-state index in [4.69, 9.17) is 14.0 Å². The summed E-state index contributed by atoms with van der Waals surface area (Å²) >= 11 is 0. The number of fused-ring (bicyclic) bond motifs is 5. The van der Waals surface area contributed by atoms with Crippen LogP contribution < -0.4 is 4.74 Å². The van der Waals surface area contributed by atoms with Crippen LogP contribution in [0.3, 0.4) is 0 Å². The lowest BCUT2D eigenvalue weighted by atomic mass is 10.1. The van der Waals surface area contributed by atoms with Crippen LogP contribution in [0.1, 0.15) is 29.4 Å². The van der Waals surface area contributed by atoms with Gasteiger partial charge in [0.1, 0.15) is 29.3 Å². The molecule has 172 valence electrons. The summed E-state index contributed by atoms with van der Waals surface area (Å²) in [7, 11) is 1.62. The van der Waals surface area contributed by atoms with Crippen LogP contribution in [0.25, 0.3) is 22.9 Å². The highest BCUT2D eigenvalue weighted by Crippen LogP contribution is 2.34. The Morgan fingerprint density at radius 2 is 2.15 bits per heavy atom. The summed E-state index contributed by atoms with van der Waals surface area (Å²) < 4.78 is 33.7. The number of hydrogen-bond donors (Lipinski definition) is 0. The van der Waals surface area contributed by atoms with E-state index in [1.807, 2.05) is 22.8 Å². The fraction of sp³-hybridized carbons (Fsp3) is 0.261. The first-order chi connectivity index (χ1) is 16.6. The van der Waals surface area contributed by atoms with E-state index in [2.05, 4.69) is 25.4 Å². The Morgan fingerprint density at radius 3 is 2.91 bits per heavy atom. The van der Waals surface area contributed by atoms with Gasteiger partial charge in [-0.1, -0.05) is 16.4 Å². The standard InChI is InChI=1S/C23H20FN7O3/c1-13-26-23(28-34-13)22-21-10-19-17(11-33-15-5-3-14(24)4-6-15)27-29-31(19)20-9-16(32-2)7-8-18(20)30(21)12-25-22/h3-5,7-9,12,15H,6,10-11H2,1-2H3. The van der Waals surface area contributed by atoms with Crippen LogP contribution in [0.5, 0.6) is 5.75 Å². The predicted molar refractivity (Wildman–Crippen MR) is 117 cm³/mol. The number of allylic oxidation sites excluding steroid dienone is 2. The van der Waals surface area contributed by atoms with Gasteiger partial charge in [-0.15, -0.1) is 5.10 Å². The van der Waals surface area contributed by atoms with Gasteiger partial charge in [0.25, 0.3) is 0 Å². The molecule has 0 radical (unpaired) electrons. The Hall–Kier alpha value is -4.12. The second-order valence-electron chi connectivity index (χ2n) is 8.01. The van der Waals surface area contributed by atoms with E-state index >= 15 is 0 Å². The average molecular weight is 461 g/mol.